The highest BCUT2D eigenvalue weighted by Gasteiger charge is 2.16. The summed E-state index contributed by atoms with van der Waals surface area (Å²) >= 11 is 0. The maximum Gasteiger partial charge on any atom is 0.336 e. The minimum absolute atomic E-state index is 0.00663. The normalized spacial score (nSPS) is 10.4. The quantitative estimate of drug-likeness (QED) is 0.314. The van der Waals surface area contributed by atoms with Gasteiger partial charge in [0.15, 0.2) is 5.43 Å². The number of benzene rings is 2. The van der Waals surface area contributed by atoms with Gasteiger partial charge in [-0.05, 0) is 29.0 Å². The molecule has 0 saturated carbocycles. The molecule has 0 fully saturated rings. The third-order valence-corrected chi connectivity index (χ3v) is 3.68. The van der Waals surface area contributed by atoms with E-state index in [9.17, 15) is 9.59 Å². The van der Waals surface area contributed by atoms with E-state index >= 15 is 0 Å². The van der Waals surface area contributed by atoms with Crippen LogP contribution in [0, 0.1) is 0 Å². The SMILES string of the molecule is CC(=[N+]=[N-])C(=O)c1ccc2c(=O)c3ccccc3ccc2c1. The first kappa shape index (κ1) is 13.9. The molecule has 0 N–H and O–H groups in total. The molecule has 0 amide bonds. The number of carbonyl (C=O) groups is 1. The minimum atomic E-state index is -0.368. The van der Waals surface area contributed by atoms with Gasteiger partial charge in [0.2, 0.25) is 0 Å². The summed E-state index contributed by atoms with van der Waals surface area (Å²) in [4.78, 5) is 27.6. The van der Waals surface area contributed by atoms with Crippen molar-refractivity contribution in [3.05, 3.63) is 75.9 Å². The molecule has 0 saturated heterocycles. The summed E-state index contributed by atoms with van der Waals surface area (Å²) in [6.45, 7) is 1.44. The Hall–Kier alpha value is -3.10. The largest absolute Gasteiger partial charge is 0.361 e. The summed E-state index contributed by atoms with van der Waals surface area (Å²) in [5.74, 6) is -0.368. The van der Waals surface area contributed by atoms with Gasteiger partial charge in [0.25, 0.3) is 5.78 Å². The zero-order chi connectivity index (χ0) is 15.7. The first-order valence-electron chi connectivity index (χ1n) is 6.81. The van der Waals surface area contributed by atoms with E-state index in [2.05, 4.69) is 4.79 Å². The highest BCUT2D eigenvalue weighted by atomic mass is 16.1. The summed E-state index contributed by atoms with van der Waals surface area (Å²) in [6, 6.07) is 15.9. The number of hydrogen-bond acceptors (Lipinski definition) is 2. The zero-order valence-electron chi connectivity index (χ0n) is 11.9. The van der Waals surface area contributed by atoms with Crippen LogP contribution in [0.1, 0.15) is 17.3 Å². The maximum absolute atomic E-state index is 12.6. The lowest BCUT2D eigenvalue weighted by Gasteiger charge is -1.97. The van der Waals surface area contributed by atoms with Crippen molar-refractivity contribution in [1.82, 2.24) is 0 Å². The Morgan fingerprint density at radius 3 is 2.41 bits per heavy atom. The topological polar surface area (TPSA) is 70.5 Å². The Kier molecular flexibility index (Phi) is 3.37. The molecule has 0 aromatic heterocycles. The van der Waals surface area contributed by atoms with E-state index in [0.717, 1.165) is 5.39 Å². The molecule has 0 aliphatic heterocycles. The van der Waals surface area contributed by atoms with Gasteiger partial charge in [-0.2, -0.15) is 4.79 Å². The summed E-state index contributed by atoms with van der Waals surface area (Å²) in [6.07, 6.45) is 0. The van der Waals surface area contributed by atoms with Crippen LogP contribution in [0.5, 0.6) is 0 Å². The Bertz CT molecular complexity index is 1030. The van der Waals surface area contributed by atoms with Crippen LogP contribution in [-0.2, 0) is 0 Å². The molecule has 4 heteroatoms. The van der Waals surface area contributed by atoms with Gasteiger partial charge in [0, 0.05) is 23.3 Å². The van der Waals surface area contributed by atoms with Crippen molar-refractivity contribution in [3.63, 3.8) is 0 Å². The summed E-state index contributed by atoms with van der Waals surface area (Å²) in [7, 11) is 0. The second-order valence-electron chi connectivity index (χ2n) is 5.07. The number of fused-ring (bicyclic) bond motifs is 2. The molecule has 3 aromatic rings. The minimum Gasteiger partial charge on any atom is -0.361 e. The highest BCUT2D eigenvalue weighted by molar-refractivity contribution is 6.43. The van der Waals surface area contributed by atoms with Gasteiger partial charge < -0.3 is 5.53 Å². The van der Waals surface area contributed by atoms with Crippen LogP contribution < -0.4 is 5.43 Å². The Labute approximate surface area is 126 Å². The van der Waals surface area contributed by atoms with E-state index in [0.29, 0.717) is 21.7 Å². The first-order valence-corrected chi connectivity index (χ1v) is 6.81. The van der Waals surface area contributed by atoms with Gasteiger partial charge in [-0.25, -0.2) is 0 Å². The smallest absolute Gasteiger partial charge is 0.336 e. The van der Waals surface area contributed by atoms with Gasteiger partial charge in [-0.3, -0.25) is 9.59 Å². The second kappa shape index (κ2) is 5.35. The lowest BCUT2D eigenvalue weighted by atomic mass is 10.0. The number of nitrogens with zero attached hydrogens (tertiary/aromatic N) is 2. The Balaban J connectivity index is 2.35. The fourth-order valence-electron chi connectivity index (χ4n) is 2.48. The van der Waals surface area contributed by atoms with E-state index in [-0.39, 0.29) is 16.9 Å². The molecule has 0 spiro atoms. The Morgan fingerprint density at radius 1 is 0.955 bits per heavy atom. The lowest BCUT2D eigenvalue weighted by Crippen LogP contribution is -2.11. The van der Waals surface area contributed by atoms with E-state index < -0.39 is 0 Å². The number of carbonyl (C=O) groups excluding carboxylic acids is 1. The van der Waals surface area contributed by atoms with Crippen molar-refractivity contribution in [2.45, 2.75) is 6.92 Å². The molecular formula is C18H12N2O2. The average molecular weight is 288 g/mol. The van der Waals surface area contributed by atoms with Crippen molar-refractivity contribution < 1.29 is 9.58 Å². The summed E-state index contributed by atoms with van der Waals surface area (Å²) in [5.41, 5.74) is 9.04. The van der Waals surface area contributed by atoms with E-state index in [1.165, 1.54) is 6.92 Å². The van der Waals surface area contributed by atoms with Gasteiger partial charge in [0.05, 0.1) is 0 Å². The number of hydrogen-bond donors (Lipinski definition) is 0. The van der Waals surface area contributed by atoms with Crippen molar-refractivity contribution in [2.24, 2.45) is 0 Å². The van der Waals surface area contributed by atoms with Crippen LogP contribution in [0.3, 0.4) is 0 Å². The molecular weight excluding hydrogens is 276 g/mol. The molecule has 0 radical (unpaired) electrons. The molecule has 0 heterocycles. The van der Waals surface area contributed by atoms with Crippen LogP contribution in [-0.4, -0.2) is 16.3 Å². The number of Topliss-reactive ketones (excluding diaryl/α,β-unsaturated/α-hetero) is 1. The molecule has 3 rings (SSSR count). The van der Waals surface area contributed by atoms with Crippen LogP contribution in [0.4, 0.5) is 0 Å². The van der Waals surface area contributed by atoms with Crippen molar-refractivity contribution >= 4 is 33.0 Å². The zero-order valence-corrected chi connectivity index (χ0v) is 11.9. The Morgan fingerprint density at radius 2 is 1.64 bits per heavy atom. The van der Waals surface area contributed by atoms with E-state index in [1.54, 1.807) is 24.3 Å². The van der Waals surface area contributed by atoms with Crippen LogP contribution in [0.2, 0.25) is 0 Å². The maximum atomic E-state index is 12.6. The standard InChI is InChI=1S/C18H12N2O2/c1-11(20-19)17(21)14-8-9-16-13(10-14)7-6-12-4-2-3-5-15(12)18(16)22/h2-10H,1H3. The third kappa shape index (κ3) is 2.22. The van der Waals surface area contributed by atoms with Gasteiger partial charge >= 0.3 is 5.71 Å². The molecule has 4 nitrogen and oxygen atoms in total. The second-order valence-corrected chi connectivity index (χ2v) is 5.07. The van der Waals surface area contributed by atoms with E-state index in [4.69, 9.17) is 5.53 Å². The van der Waals surface area contributed by atoms with Crippen LogP contribution >= 0.6 is 0 Å². The predicted octanol–water partition coefficient (Wildman–Crippen LogP) is 3.23. The summed E-state index contributed by atoms with van der Waals surface area (Å²) < 4.78 is 0. The van der Waals surface area contributed by atoms with Crippen molar-refractivity contribution in [1.29, 1.82) is 0 Å². The first-order chi connectivity index (χ1) is 10.6. The lowest BCUT2D eigenvalue weighted by molar-refractivity contribution is -0.00678. The van der Waals surface area contributed by atoms with Crippen molar-refractivity contribution in [3.8, 4) is 0 Å². The highest BCUT2D eigenvalue weighted by Crippen LogP contribution is 2.17. The van der Waals surface area contributed by atoms with Crippen molar-refractivity contribution in [2.75, 3.05) is 0 Å². The predicted molar refractivity (Wildman–Crippen MR) is 86.4 cm³/mol. The molecule has 3 aromatic carbocycles. The van der Waals surface area contributed by atoms with Gasteiger partial charge in [-0.1, -0.05) is 36.4 Å². The van der Waals surface area contributed by atoms with Gasteiger partial charge in [0.1, 0.15) is 0 Å². The molecule has 0 atom stereocenters. The molecule has 0 unspecified atom stereocenters. The van der Waals surface area contributed by atoms with Crippen LogP contribution in [0.15, 0.2) is 59.4 Å². The number of rotatable bonds is 2. The molecule has 0 aliphatic rings. The fraction of sp³-hybridized carbons (Fsp3) is 0.0556. The molecule has 22 heavy (non-hydrogen) atoms. The van der Waals surface area contributed by atoms with Crippen LogP contribution in [0.25, 0.3) is 27.1 Å². The molecule has 0 aliphatic carbocycles. The average Bonchev–Trinajstić information content (AvgIpc) is 2.71. The monoisotopic (exact) mass is 288 g/mol. The summed E-state index contributed by atoms with van der Waals surface area (Å²) in [5, 5.41) is 2.73. The third-order valence-electron chi connectivity index (χ3n) is 3.68. The fourth-order valence-corrected chi connectivity index (χ4v) is 2.48. The van der Waals surface area contributed by atoms with E-state index in [1.807, 2.05) is 30.3 Å². The number of ketones is 1. The van der Waals surface area contributed by atoms with Gasteiger partial charge in [-0.15, -0.1) is 0 Å². The molecule has 106 valence electrons. The molecule has 0 bridgehead atoms.